The van der Waals surface area contributed by atoms with Crippen LogP contribution in [0.1, 0.15) is 58.1 Å². The molecule has 1 fully saturated rings. The Morgan fingerprint density at radius 2 is 1.61 bits per heavy atom. The Bertz CT molecular complexity index is 1090. The van der Waals surface area contributed by atoms with E-state index in [-0.39, 0.29) is 24.3 Å². The molecule has 0 radical (unpaired) electrons. The molecule has 1 aromatic heterocycles. The van der Waals surface area contributed by atoms with Gasteiger partial charge in [0.2, 0.25) is 5.91 Å². The zero-order valence-corrected chi connectivity index (χ0v) is 17.2. The van der Waals surface area contributed by atoms with Gasteiger partial charge in [-0.05, 0) is 43.5 Å². The van der Waals surface area contributed by atoms with Crippen molar-refractivity contribution >= 4 is 28.8 Å². The van der Waals surface area contributed by atoms with E-state index < -0.39 is 0 Å². The minimum Gasteiger partial charge on any atom is -0.343 e. The molecule has 31 heavy (non-hydrogen) atoms. The lowest BCUT2D eigenvalue weighted by atomic mass is 9.96. The van der Waals surface area contributed by atoms with Crippen molar-refractivity contribution in [3.05, 3.63) is 65.5 Å². The third-order valence-electron chi connectivity index (χ3n) is 6.29. The van der Waals surface area contributed by atoms with Crippen LogP contribution in [0.4, 0.5) is 0 Å². The Morgan fingerprint density at radius 3 is 2.29 bits per heavy atom. The summed E-state index contributed by atoms with van der Waals surface area (Å²) >= 11 is 0. The molecule has 2 aliphatic heterocycles. The van der Waals surface area contributed by atoms with E-state index in [9.17, 15) is 14.4 Å². The van der Waals surface area contributed by atoms with Gasteiger partial charge in [0, 0.05) is 32.0 Å². The van der Waals surface area contributed by atoms with E-state index in [1.54, 1.807) is 24.3 Å². The number of H-pyrrole nitrogens is 1. The smallest absolute Gasteiger partial charge is 0.261 e. The molecule has 158 valence electrons. The van der Waals surface area contributed by atoms with Crippen molar-refractivity contribution < 1.29 is 14.4 Å². The van der Waals surface area contributed by atoms with E-state index >= 15 is 0 Å². The third kappa shape index (κ3) is 3.60. The molecule has 3 heterocycles. The van der Waals surface area contributed by atoms with Gasteiger partial charge in [-0.1, -0.05) is 24.3 Å². The zero-order valence-electron chi connectivity index (χ0n) is 17.2. The van der Waals surface area contributed by atoms with Crippen molar-refractivity contribution in [1.29, 1.82) is 0 Å². The third-order valence-corrected chi connectivity index (χ3v) is 6.29. The number of likely N-dealkylation sites (tertiary alicyclic amines) is 1. The molecule has 2 aliphatic rings. The van der Waals surface area contributed by atoms with Gasteiger partial charge in [-0.15, -0.1) is 0 Å². The summed E-state index contributed by atoms with van der Waals surface area (Å²) in [5.74, 6) is 0.882. The number of imidazole rings is 1. The molecule has 0 bridgehead atoms. The van der Waals surface area contributed by atoms with Crippen LogP contribution in [-0.2, 0) is 4.79 Å². The number of nitrogens with one attached hydrogen (secondary N) is 1. The Labute approximate surface area is 180 Å². The van der Waals surface area contributed by atoms with Crippen LogP contribution in [-0.4, -0.2) is 57.1 Å². The molecular formula is C24H24N4O3. The number of aromatic amines is 1. The maximum atomic E-state index is 12.7. The molecule has 0 aliphatic carbocycles. The summed E-state index contributed by atoms with van der Waals surface area (Å²) in [6.45, 7) is 1.68. The lowest BCUT2D eigenvalue weighted by Crippen LogP contribution is -2.38. The number of nitrogens with zero attached hydrogens (tertiary/aromatic N) is 3. The largest absolute Gasteiger partial charge is 0.343 e. The first kappa shape index (κ1) is 19.5. The lowest BCUT2D eigenvalue weighted by molar-refractivity contribution is -0.132. The van der Waals surface area contributed by atoms with Crippen LogP contribution in [0.5, 0.6) is 0 Å². The molecule has 3 amide bonds. The van der Waals surface area contributed by atoms with Crippen molar-refractivity contribution in [2.75, 3.05) is 19.6 Å². The minimum absolute atomic E-state index is 0.0830. The Hall–Kier alpha value is -3.48. The second-order valence-electron chi connectivity index (χ2n) is 8.21. The zero-order chi connectivity index (χ0) is 21.4. The summed E-state index contributed by atoms with van der Waals surface area (Å²) in [5, 5.41) is 0. The van der Waals surface area contributed by atoms with E-state index in [1.807, 2.05) is 29.2 Å². The molecule has 0 atom stereocenters. The fourth-order valence-electron chi connectivity index (χ4n) is 4.56. The monoisotopic (exact) mass is 416 g/mol. The highest BCUT2D eigenvalue weighted by Gasteiger charge is 2.34. The van der Waals surface area contributed by atoms with Crippen LogP contribution in [0.2, 0.25) is 0 Å². The summed E-state index contributed by atoms with van der Waals surface area (Å²) in [4.78, 5) is 48.7. The average Bonchev–Trinajstić information content (AvgIpc) is 3.34. The number of hydrogen-bond acceptors (Lipinski definition) is 4. The maximum Gasteiger partial charge on any atom is 0.261 e. The van der Waals surface area contributed by atoms with Crippen LogP contribution in [0.15, 0.2) is 48.5 Å². The first-order chi connectivity index (χ1) is 15.1. The first-order valence-electron chi connectivity index (χ1n) is 10.8. The van der Waals surface area contributed by atoms with Gasteiger partial charge in [-0.3, -0.25) is 19.3 Å². The van der Waals surface area contributed by atoms with Gasteiger partial charge in [0.1, 0.15) is 5.82 Å². The van der Waals surface area contributed by atoms with Crippen molar-refractivity contribution in [3.8, 4) is 0 Å². The Morgan fingerprint density at radius 1 is 0.968 bits per heavy atom. The van der Waals surface area contributed by atoms with Gasteiger partial charge < -0.3 is 9.88 Å². The number of imide groups is 1. The van der Waals surface area contributed by atoms with Gasteiger partial charge >= 0.3 is 0 Å². The number of amides is 3. The van der Waals surface area contributed by atoms with Crippen molar-refractivity contribution in [2.45, 2.75) is 31.6 Å². The van der Waals surface area contributed by atoms with E-state index in [2.05, 4.69) is 4.98 Å². The fraction of sp³-hybridized carbons (Fsp3) is 0.333. The molecule has 5 rings (SSSR count). The number of rotatable bonds is 5. The summed E-state index contributed by atoms with van der Waals surface area (Å²) in [6, 6.07) is 14.9. The first-order valence-corrected chi connectivity index (χ1v) is 10.8. The molecule has 0 spiro atoms. The highest BCUT2D eigenvalue weighted by Crippen LogP contribution is 2.28. The number of fused-ring (bicyclic) bond motifs is 2. The van der Waals surface area contributed by atoms with Gasteiger partial charge in [0.05, 0.1) is 22.2 Å². The number of para-hydroxylation sites is 2. The van der Waals surface area contributed by atoms with E-state index in [1.165, 1.54) is 4.90 Å². The maximum absolute atomic E-state index is 12.7. The standard InChI is InChI=1S/C24H24N4O3/c29-21(10-5-13-28-23(30)17-6-1-2-7-18(17)24(28)31)27-14-11-16(12-15-27)22-25-19-8-3-4-9-20(19)26-22/h1-4,6-9,16H,5,10-15H2,(H,25,26). The topological polar surface area (TPSA) is 86.4 Å². The molecule has 3 aromatic rings. The normalized spacial score (nSPS) is 16.9. The van der Waals surface area contributed by atoms with Crippen molar-refractivity contribution in [1.82, 2.24) is 19.8 Å². The Balaban J connectivity index is 1.11. The molecule has 7 nitrogen and oxygen atoms in total. The van der Waals surface area contributed by atoms with E-state index in [0.717, 1.165) is 29.7 Å². The molecule has 1 N–H and O–H groups in total. The minimum atomic E-state index is -0.264. The second kappa shape index (κ2) is 7.98. The van der Waals surface area contributed by atoms with Crippen LogP contribution in [0.25, 0.3) is 11.0 Å². The van der Waals surface area contributed by atoms with Crippen molar-refractivity contribution in [2.24, 2.45) is 0 Å². The van der Waals surface area contributed by atoms with Crippen LogP contribution < -0.4 is 0 Å². The fourth-order valence-corrected chi connectivity index (χ4v) is 4.56. The summed E-state index contributed by atoms with van der Waals surface area (Å²) in [6.07, 6.45) is 2.57. The Kier molecular flexibility index (Phi) is 5.02. The summed E-state index contributed by atoms with van der Waals surface area (Å²) in [5.41, 5.74) is 2.92. The summed E-state index contributed by atoms with van der Waals surface area (Å²) in [7, 11) is 0. The predicted octanol–water partition coefficient (Wildman–Crippen LogP) is 3.35. The number of aromatic nitrogens is 2. The van der Waals surface area contributed by atoms with Crippen LogP contribution in [0.3, 0.4) is 0 Å². The highest BCUT2D eigenvalue weighted by atomic mass is 16.2. The van der Waals surface area contributed by atoms with Crippen LogP contribution >= 0.6 is 0 Å². The lowest BCUT2D eigenvalue weighted by Gasteiger charge is -2.31. The van der Waals surface area contributed by atoms with Gasteiger partial charge in [-0.25, -0.2) is 4.98 Å². The molecule has 7 heteroatoms. The quantitative estimate of drug-likeness (QED) is 0.647. The molecule has 1 saturated heterocycles. The van der Waals surface area contributed by atoms with E-state index in [0.29, 0.717) is 43.0 Å². The number of piperidine rings is 1. The number of hydrogen-bond donors (Lipinski definition) is 1. The number of carbonyl (C=O) groups excluding carboxylic acids is 3. The molecule has 0 unspecified atom stereocenters. The predicted molar refractivity (Wildman–Crippen MR) is 116 cm³/mol. The molecule has 2 aromatic carbocycles. The average molecular weight is 416 g/mol. The van der Waals surface area contributed by atoms with Gasteiger partial charge in [0.15, 0.2) is 0 Å². The number of benzene rings is 2. The molecule has 0 saturated carbocycles. The summed E-state index contributed by atoms with van der Waals surface area (Å²) < 4.78 is 0. The highest BCUT2D eigenvalue weighted by molar-refractivity contribution is 6.21. The number of carbonyl (C=O) groups is 3. The molecular weight excluding hydrogens is 392 g/mol. The second-order valence-corrected chi connectivity index (χ2v) is 8.21. The van der Waals surface area contributed by atoms with E-state index in [4.69, 9.17) is 4.98 Å². The van der Waals surface area contributed by atoms with Crippen molar-refractivity contribution in [3.63, 3.8) is 0 Å². The van der Waals surface area contributed by atoms with Crippen LogP contribution in [0, 0.1) is 0 Å². The van der Waals surface area contributed by atoms with Gasteiger partial charge in [-0.2, -0.15) is 0 Å². The SMILES string of the molecule is O=C(CCCN1C(=O)c2ccccc2C1=O)N1CCC(c2nc3ccccc3[nH]2)CC1. The van der Waals surface area contributed by atoms with Gasteiger partial charge in [0.25, 0.3) is 11.8 Å².